The first kappa shape index (κ1) is 30.8. The molecule has 3 aromatic heterocycles. The minimum Gasteiger partial charge on any atom is -0.481 e. The molecule has 5 rings (SSSR count). The molecule has 0 atom stereocenters. The van der Waals surface area contributed by atoms with Crippen LogP contribution < -0.4 is 0 Å². The third-order valence-electron chi connectivity index (χ3n) is 6.46. The van der Waals surface area contributed by atoms with Crippen molar-refractivity contribution in [3.8, 4) is 40.4 Å². The van der Waals surface area contributed by atoms with Gasteiger partial charge in [0.1, 0.15) is 0 Å². The van der Waals surface area contributed by atoms with Crippen LogP contribution in [-0.2, 0) is 42.1 Å². The van der Waals surface area contributed by atoms with E-state index >= 15 is 0 Å². The molecule has 13 heteroatoms. The molecule has 2 N–H and O–H groups in total. The van der Waals surface area contributed by atoms with E-state index in [1.54, 1.807) is 48.5 Å². The lowest BCUT2D eigenvalue weighted by molar-refractivity contribution is -0.137. The summed E-state index contributed by atoms with van der Waals surface area (Å²) in [5.41, 5.74) is 2.04. The van der Waals surface area contributed by atoms with Crippen LogP contribution in [0.1, 0.15) is 11.1 Å². The van der Waals surface area contributed by atoms with E-state index in [0.29, 0.717) is 41.8 Å². The Morgan fingerprint density at radius 3 is 1.30 bits per heavy atom. The van der Waals surface area contributed by atoms with Gasteiger partial charge in [0.25, 0.3) is 0 Å². The maximum Gasteiger partial charge on any atom is 0.307 e. The smallest absolute Gasteiger partial charge is 0.307 e. The van der Waals surface area contributed by atoms with E-state index in [0.717, 1.165) is 22.3 Å². The Labute approximate surface area is 260 Å². The molecule has 0 spiro atoms. The van der Waals surface area contributed by atoms with Gasteiger partial charge in [-0.1, -0.05) is 36.4 Å². The molecule has 0 unspecified atom stereocenters. The van der Waals surface area contributed by atoms with Gasteiger partial charge in [-0.2, -0.15) is 0 Å². The average molecular weight is 673 g/mol. The van der Waals surface area contributed by atoms with Crippen LogP contribution in [0.15, 0.2) is 82.6 Å². The van der Waals surface area contributed by atoms with Crippen molar-refractivity contribution >= 4 is 65.6 Å². The molecule has 0 aliphatic rings. The van der Waals surface area contributed by atoms with Gasteiger partial charge in [-0.3, -0.25) is 9.59 Å². The van der Waals surface area contributed by atoms with Gasteiger partial charge in [0.05, 0.1) is 22.6 Å². The molecule has 0 amide bonds. The first-order chi connectivity index (χ1) is 20.2. The van der Waals surface area contributed by atoms with Gasteiger partial charge in [-0.15, -0.1) is 34.0 Å². The van der Waals surface area contributed by atoms with E-state index < -0.39 is 31.6 Å². The van der Waals surface area contributed by atoms with Crippen molar-refractivity contribution in [3.05, 3.63) is 83.9 Å². The van der Waals surface area contributed by atoms with Crippen molar-refractivity contribution in [2.45, 2.75) is 22.6 Å². The Morgan fingerprint density at radius 2 is 0.953 bits per heavy atom. The van der Waals surface area contributed by atoms with Crippen molar-refractivity contribution in [2.75, 3.05) is 12.5 Å². The summed E-state index contributed by atoms with van der Waals surface area (Å²) < 4.78 is 49.8. The number of hydrogen-bond donors (Lipinski definition) is 2. The molecule has 0 radical (unpaired) electrons. The minimum atomic E-state index is -3.54. The average Bonchev–Trinajstić information content (AvgIpc) is 3.65. The van der Waals surface area contributed by atoms with E-state index in [1.165, 1.54) is 46.1 Å². The molecule has 0 fully saturated rings. The second kappa shape index (κ2) is 11.8. The highest BCUT2D eigenvalue weighted by Crippen LogP contribution is 2.47. The van der Waals surface area contributed by atoms with Crippen molar-refractivity contribution in [3.63, 3.8) is 0 Å². The third kappa shape index (κ3) is 6.65. The highest BCUT2D eigenvalue weighted by molar-refractivity contribution is 7.91. The quantitative estimate of drug-likeness (QED) is 0.169. The fraction of sp³-hybridized carbons (Fsp3) is 0.133. The first-order valence-electron chi connectivity index (χ1n) is 12.6. The zero-order valence-corrected chi connectivity index (χ0v) is 26.8. The monoisotopic (exact) mass is 672 g/mol. The molecule has 3 heterocycles. The highest BCUT2D eigenvalue weighted by atomic mass is 32.2. The Kier molecular flexibility index (Phi) is 8.47. The fourth-order valence-corrected chi connectivity index (χ4v) is 10.4. The van der Waals surface area contributed by atoms with E-state index in [4.69, 9.17) is 0 Å². The lowest BCUT2D eigenvalue weighted by Gasteiger charge is -2.05. The second-order valence-corrected chi connectivity index (χ2v) is 16.9. The summed E-state index contributed by atoms with van der Waals surface area (Å²) in [4.78, 5) is 27.9. The predicted molar refractivity (Wildman–Crippen MR) is 171 cm³/mol. The van der Waals surface area contributed by atoms with E-state index in [-0.39, 0.29) is 22.6 Å². The second-order valence-electron chi connectivity index (χ2n) is 9.77. The Balaban J connectivity index is 1.63. The van der Waals surface area contributed by atoms with Crippen LogP contribution in [0, 0.1) is 0 Å². The molecule has 0 aliphatic carbocycles. The largest absolute Gasteiger partial charge is 0.481 e. The van der Waals surface area contributed by atoms with Gasteiger partial charge < -0.3 is 10.2 Å². The zero-order valence-electron chi connectivity index (χ0n) is 22.7. The van der Waals surface area contributed by atoms with Crippen molar-refractivity contribution in [2.24, 2.45) is 0 Å². The molecule has 0 bridgehead atoms. The molecular formula is C30H24O8S5. The number of carbonyl (C=O) groups is 2. The maximum absolute atomic E-state index is 12.5. The third-order valence-corrected chi connectivity index (χ3v) is 12.6. The summed E-state index contributed by atoms with van der Waals surface area (Å²) >= 11 is 3.94. The van der Waals surface area contributed by atoms with Crippen LogP contribution in [0.2, 0.25) is 0 Å². The SMILES string of the molecule is CS(=O)(=O)c1ccccc1-c1cc(CC(=O)O)c(-c2ccc(-c3sc(-c4ccccc4S(C)(=O)=O)cc3CC(=O)O)s2)s1. The molecule has 222 valence electrons. The minimum absolute atomic E-state index is 0.148. The topological polar surface area (TPSA) is 143 Å². The van der Waals surface area contributed by atoms with Crippen molar-refractivity contribution in [1.29, 1.82) is 0 Å². The number of carboxylic acid groups (broad SMARTS) is 2. The van der Waals surface area contributed by atoms with Gasteiger partial charge in [-0.05, 0) is 47.5 Å². The summed E-state index contributed by atoms with van der Waals surface area (Å²) in [6.45, 7) is 0. The first-order valence-corrected chi connectivity index (χ1v) is 18.8. The van der Waals surface area contributed by atoms with E-state index in [1.807, 2.05) is 12.1 Å². The number of rotatable bonds is 10. The van der Waals surface area contributed by atoms with Crippen LogP contribution in [0.25, 0.3) is 40.4 Å². The Hall–Kier alpha value is -3.62. The maximum atomic E-state index is 12.5. The fourth-order valence-electron chi connectivity index (χ4n) is 4.70. The molecule has 8 nitrogen and oxygen atoms in total. The summed E-state index contributed by atoms with van der Waals surface area (Å²) in [5, 5.41) is 19.2. The molecule has 5 aromatic rings. The molecule has 0 saturated carbocycles. The Bertz CT molecular complexity index is 1950. The van der Waals surface area contributed by atoms with Crippen LogP contribution >= 0.6 is 34.0 Å². The molecule has 2 aromatic carbocycles. The molecule has 0 aliphatic heterocycles. The number of hydrogen-bond acceptors (Lipinski definition) is 9. The van der Waals surface area contributed by atoms with Crippen LogP contribution in [-0.4, -0.2) is 51.5 Å². The normalized spacial score (nSPS) is 12.0. The van der Waals surface area contributed by atoms with Gasteiger partial charge >= 0.3 is 11.9 Å². The van der Waals surface area contributed by atoms with Gasteiger partial charge in [0.2, 0.25) is 0 Å². The summed E-state index contributed by atoms with van der Waals surface area (Å²) in [5.74, 6) is -2.06. The summed E-state index contributed by atoms with van der Waals surface area (Å²) in [6, 6.07) is 20.2. The van der Waals surface area contributed by atoms with Crippen molar-refractivity contribution < 1.29 is 36.6 Å². The number of benzene rings is 2. The number of thiophene rings is 3. The van der Waals surface area contributed by atoms with Gasteiger partial charge in [0.15, 0.2) is 19.7 Å². The zero-order chi connectivity index (χ0) is 31.1. The van der Waals surface area contributed by atoms with Crippen LogP contribution in [0.5, 0.6) is 0 Å². The molecular weight excluding hydrogens is 649 g/mol. The molecule has 0 saturated heterocycles. The number of carboxylic acids is 2. The predicted octanol–water partition coefficient (Wildman–Crippen LogP) is 6.60. The lowest BCUT2D eigenvalue weighted by atomic mass is 10.1. The lowest BCUT2D eigenvalue weighted by Crippen LogP contribution is -2.00. The van der Waals surface area contributed by atoms with Crippen LogP contribution in [0.3, 0.4) is 0 Å². The number of aliphatic carboxylic acids is 2. The Morgan fingerprint density at radius 1 is 0.581 bits per heavy atom. The molecule has 43 heavy (non-hydrogen) atoms. The van der Waals surface area contributed by atoms with Crippen LogP contribution in [0.4, 0.5) is 0 Å². The summed E-state index contributed by atoms with van der Waals surface area (Å²) in [7, 11) is -7.09. The highest BCUT2D eigenvalue weighted by Gasteiger charge is 2.23. The summed E-state index contributed by atoms with van der Waals surface area (Å²) in [6.07, 6.45) is 1.72. The van der Waals surface area contributed by atoms with Crippen molar-refractivity contribution in [1.82, 2.24) is 0 Å². The van der Waals surface area contributed by atoms with E-state index in [2.05, 4.69) is 0 Å². The van der Waals surface area contributed by atoms with Gasteiger partial charge in [-0.25, -0.2) is 16.8 Å². The number of sulfone groups is 2. The standard InChI is InChI=1S/C30H24O8S5/c1-42(35,36)25-9-5-3-7-19(25)23-13-17(15-27(31)32)29(40-23)21-11-12-22(39-21)30-18(16-28(33)34)14-24(41-30)20-8-4-6-10-26(20)43(2,37)38/h3-14H,15-16H2,1-2H3,(H,31,32)(H,33,34). The van der Waals surface area contributed by atoms with Gasteiger partial charge in [0, 0.05) is 52.9 Å². The van der Waals surface area contributed by atoms with E-state index in [9.17, 15) is 36.6 Å².